The van der Waals surface area contributed by atoms with Crippen molar-refractivity contribution in [1.82, 2.24) is 20.1 Å². The first-order valence-electron chi connectivity index (χ1n) is 9.18. The van der Waals surface area contributed by atoms with Crippen LogP contribution in [0, 0.1) is 0 Å². The Morgan fingerprint density at radius 1 is 1.14 bits per heavy atom. The number of nitrogens with one attached hydrogen (secondary N) is 1. The molecular formula is C21H22N4O3. The lowest BCUT2D eigenvalue weighted by atomic mass is 10.1. The average Bonchev–Trinajstić information content (AvgIpc) is 3.18. The molecule has 0 radical (unpaired) electrons. The van der Waals surface area contributed by atoms with Gasteiger partial charge in [-0.2, -0.15) is 5.10 Å². The summed E-state index contributed by atoms with van der Waals surface area (Å²) in [5.41, 5.74) is 2.62. The lowest BCUT2D eigenvalue weighted by Gasteiger charge is -2.05. The van der Waals surface area contributed by atoms with Crippen LogP contribution in [-0.2, 0) is 9.53 Å². The lowest BCUT2D eigenvalue weighted by Crippen LogP contribution is -2.25. The summed E-state index contributed by atoms with van der Waals surface area (Å²) >= 11 is 0. The quantitative estimate of drug-likeness (QED) is 0.481. The first-order valence-corrected chi connectivity index (χ1v) is 9.18. The second-order valence-corrected chi connectivity index (χ2v) is 6.08. The Bertz CT molecular complexity index is 923. The number of pyridine rings is 1. The van der Waals surface area contributed by atoms with Gasteiger partial charge < -0.3 is 10.1 Å². The van der Waals surface area contributed by atoms with Crippen LogP contribution in [0.3, 0.4) is 0 Å². The molecule has 0 atom stereocenters. The van der Waals surface area contributed by atoms with Crippen molar-refractivity contribution in [2.45, 2.75) is 19.8 Å². The van der Waals surface area contributed by atoms with Crippen molar-refractivity contribution in [3.63, 3.8) is 0 Å². The fourth-order valence-electron chi connectivity index (χ4n) is 2.73. The van der Waals surface area contributed by atoms with Gasteiger partial charge in [-0.3, -0.25) is 14.6 Å². The Morgan fingerprint density at radius 2 is 1.96 bits per heavy atom. The van der Waals surface area contributed by atoms with Gasteiger partial charge in [0.05, 0.1) is 17.9 Å². The summed E-state index contributed by atoms with van der Waals surface area (Å²) in [6.45, 7) is 2.50. The summed E-state index contributed by atoms with van der Waals surface area (Å²) < 4.78 is 6.57. The van der Waals surface area contributed by atoms with Crippen molar-refractivity contribution >= 4 is 11.9 Å². The van der Waals surface area contributed by atoms with E-state index in [1.807, 2.05) is 36.4 Å². The number of amides is 1. The molecule has 144 valence electrons. The third kappa shape index (κ3) is 4.82. The van der Waals surface area contributed by atoms with Crippen molar-refractivity contribution in [2.75, 3.05) is 13.2 Å². The minimum Gasteiger partial charge on any atom is -0.466 e. The van der Waals surface area contributed by atoms with Gasteiger partial charge in [0.25, 0.3) is 5.91 Å². The second-order valence-electron chi connectivity index (χ2n) is 6.08. The molecule has 0 bridgehead atoms. The number of rotatable bonds is 8. The number of ether oxygens (including phenoxy) is 1. The van der Waals surface area contributed by atoms with Crippen molar-refractivity contribution in [2.24, 2.45) is 0 Å². The van der Waals surface area contributed by atoms with E-state index in [2.05, 4.69) is 15.4 Å². The maximum absolute atomic E-state index is 12.8. The van der Waals surface area contributed by atoms with Crippen LogP contribution in [0.15, 0.2) is 61.1 Å². The maximum atomic E-state index is 12.8. The molecule has 1 amide bonds. The SMILES string of the molecule is CCOC(=O)CCCNC(=O)c1cn(-c2ccccc2)nc1-c1cccnc1. The van der Waals surface area contributed by atoms with Crippen LogP contribution in [0.5, 0.6) is 0 Å². The number of para-hydroxylation sites is 1. The molecule has 1 N–H and O–H groups in total. The summed E-state index contributed by atoms with van der Waals surface area (Å²) in [5, 5.41) is 7.45. The fourth-order valence-corrected chi connectivity index (χ4v) is 2.73. The van der Waals surface area contributed by atoms with Crippen molar-refractivity contribution in [1.29, 1.82) is 0 Å². The zero-order chi connectivity index (χ0) is 19.8. The van der Waals surface area contributed by atoms with E-state index in [0.29, 0.717) is 30.8 Å². The summed E-state index contributed by atoms with van der Waals surface area (Å²) in [7, 11) is 0. The maximum Gasteiger partial charge on any atom is 0.305 e. The van der Waals surface area contributed by atoms with Crippen molar-refractivity contribution in [3.8, 4) is 16.9 Å². The molecule has 0 unspecified atom stereocenters. The van der Waals surface area contributed by atoms with E-state index in [1.54, 1.807) is 36.3 Å². The van der Waals surface area contributed by atoms with Gasteiger partial charge in [-0.1, -0.05) is 18.2 Å². The highest BCUT2D eigenvalue weighted by Crippen LogP contribution is 2.23. The molecule has 3 aromatic rings. The van der Waals surface area contributed by atoms with Crippen LogP contribution in [0.1, 0.15) is 30.1 Å². The number of aromatic nitrogens is 3. The van der Waals surface area contributed by atoms with Gasteiger partial charge in [0, 0.05) is 37.1 Å². The molecule has 28 heavy (non-hydrogen) atoms. The predicted octanol–water partition coefficient (Wildman–Crippen LogP) is 3.01. The van der Waals surface area contributed by atoms with E-state index in [1.165, 1.54) is 0 Å². The number of hydrogen-bond acceptors (Lipinski definition) is 5. The largest absolute Gasteiger partial charge is 0.466 e. The zero-order valence-corrected chi connectivity index (χ0v) is 15.7. The molecule has 2 aromatic heterocycles. The highest BCUT2D eigenvalue weighted by Gasteiger charge is 2.18. The molecule has 0 spiro atoms. The normalized spacial score (nSPS) is 10.5. The van der Waals surface area contributed by atoms with E-state index < -0.39 is 0 Å². The lowest BCUT2D eigenvalue weighted by molar-refractivity contribution is -0.143. The van der Waals surface area contributed by atoms with E-state index in [9.17, 15) is 9.59 Å². The Morgan fingerprint density at radius 3 is 2.68 bits per heavy atom. The molecule has 7 nitrogen and oxygen atoms in total. The number of hydrogen-bond donors (Lipinski definition) is 1. The van der Waals surface area contributed by atoms with Gasteiger partial charge in [0.15, 0.2) is 0 Å². The number of esters is 1. The van der Waals surface area contributed by atoms with Crippen molar-refractivity contribution in [3.05, 3.63) is 66.6 Å². The Kier molecular flexibility index (Phi) is 6.51. The topological polar surface area (TPSA) is 86.1 Å². The molecule has 0 saturated carbocycles. The minimum atomic E-state index is -0.260. The summed E-state index contributed by atoms with van der Waals surface area (Å²) in [6, 6.07) is 13.3. The molecule has 0 aliphatic heterocycles. The summed E-state index contributed by atoms with van der Waals surface area (Å²) in [4.78, 5) is 28.3. The molecule has 1 aromatic carbocycles. The Labute approximate surface area is 163 Å². The predicted molar refractivity (Wildman–Crippen MR) is 105 cm³/mol. The average molecular weight is 378 g/mol. The smallest absolute Gasteiger partial charge is 0.305 e. The van der Waals surface area contributed by atoms with Crippen LogP contribution in [0.4, 0.5) is 0 Å². The molecular weight excluding hydrogens is 356 g/mol. The van der Waals surface area contributed by atoms with Gasteiger partial charge in [0.2, 0.25) is 0 Å². The van der Waals surface area contributed by atoms with Gasteiger partial charge >= 0.3 is 5.97 Å². The molecule has 0 fully saturated rings. The van der Waals surface area contributed by atoms with E-state index in [0.717, 1.165) is 11.3 Å². The molecule has 7 heteroatoms. The minimum absolute atomic E-state index is 0.245. The van der Waals surface area contributed by atoms with E-state index >= 15 is 0 Å². The highest BCUT2D eigenvalue weighted by molar-refractivity contribution is 5.99. The second kappa shape index (κ2) is 9.45. The number of carbonyl (C=O) groups excluding carboxylic acids is 2. The summed E-state index contributed by atoms with van der Waals surface area (Å²) in [5.74, 6) is -0.505. The molecule has 0 saturated heterocycles. The molecule has 2 heterocycles. The van der Waals surface area contributed by atoms with Gasteiger partial charge in [0.1, 0.15) is 5.69 Å². The Hall–Kier alpha value is -3.48. The van der Waals surface area contributed by atoms with Crippen molar-refractivity contribution < 1.29 is 14.3 Å². The standard InChI is InChI=1S/C21H22N4O3/c1-2-28-19(26)11-7-13-23-21(27)18-15-25(17-9-4-3-5-10-17)24-20(18)16-8-6-12-22-14-16/h3-6,8-10,12,14-15H,2,7,11,13H2,1H3,(H,23,27). The third-order valence-electron chi connectivity index (χ3n) is 4.06. The monoisotopic (exact) mass is 378 g/mol. The zero-order valence-electron chi connectivity index (χ0n) is 15.7. The third-order valence-corrected chi connectivity index (χ3v) is 4.06. The highest BCUT2D eigenvalue weighted by atomic mass is 16.5. The summed E-state index contributed by atoms with van der Waals surface area (Å²) in [6.07, 6.45) is 5.84. The first-order chi connectivity index (χ1) is 13.7. The molecule has 0 aliphatic carbocycles. The number of carbonyl (C=O) groups is 2. The van der Waals surface area contributed by atoms with Gasteiger partial charge in [-0.15, -0.1) is 0 Å². The van der Waals surface area contributed by atoms with Crippen LogP contribution in [0.25, 0.3) is 16.9 Å². The first kappa shape index (κ1) is 19.3. The number of nitrogens with zero attached hydrogens (tertiary/aromatic N) is 3. The van der Waals surface area contributed by atoms with Crippen LogP contribution < -0.4 is 5.32 Å². The van der Waals surface area contributed by atoms with E-state index in [-0.39, 0.29) is 18.3 Å². The van der Waals surface area contributed by atoms with Gasteiger partial charge in [-0.25, -0.2) is 4.68 Å². The Balaban J connectivity index is 1.78. The fraction of sp³-hybridized carbons (Fsp3) is 0.238. The van der Waals surface area contributed by atoms with Crippen LogP contribution in [0.2, 0.25) is 0 Å². The molecule has 0 aliphatic rings. The van der Waals surface area contributed by atoms with Crippen LogP contribution >= 0.6 is 0 Å². The molecule has 3 rings (SSSR count). The van der Waals surface area contributed by atoms with Gasteiger partial charge in [-0.05, 0) is 37.6 Å². The van der Waals surface area contributed by atoms with E-state index in [4.69, 9.17) is 4.74 Å². The number of benzene rings is 1. The van der Waals surface area contributed by atoms with Crippen LogP contribution in [-0.4, -0.2) is 39.8 Å².